The summed E-state index contributed by atoms with van der Waals surface area (Å²) >= 11 is 0. The van der Waals surface area contributed by atoms with E-state index in [0.717, 1.165) is 26.1 Å². The summed E-state index contributed by atoms with van der Waals surface area (Å²) in [6.07, 6.45) is 1.34. The summed E-state index contributed by atoms with van der Waals surface area (Å²) in [7, 11) is 0. The highest BCUT2D eigenvalue weighted by Crippen LogP contribution is 2.45. The Bertz CT molecular complexity index is 888. The Kier molecular flexibility index (Phi) is 5.44. The summed E-state index contributed by atoms with van der Waals surface area (Å²) in [4.78, 5) is 29.2. The standard InChI is InChI=1S/C25H30N2O2/c1-17-11-18(2)13-20(12-17)9-10-24(29)26-14-22-15-27(19(3)28)25(23(22)16-26)21-7-5-4-6-8-21/h4-8,11-13,22-23,25H,9-10,14-16H2,1-3H3/t22-,23-,25-/m1/s1. The minimum absolute atomic E-state index is 0.0796. The Morgan fingerprint density at radius 2 is 1.66 bits per heavy atom. The van der Waals surface area contributed by atoms with Crippen molar-refractivity contribution in [3.05, 3.63) is 70.8 Å². The normalized spacial score (nSPS) is 23.3. The number of aryl methyl sites for hydroxylation is 3. The minimum atomic E-state index is 0.0796. The first-order valence-corrected chi connectivity index (χ1v) is 10.6. The summed E-state index contributed by atoms with van der Waals surface area (Å²) in [5.41, 5.74) is 4.91. The highest BCUT2D eigenvalue weighted by Gasteiger charge is 2.49. The molecule has 2 heterocycles. The second-order valence-electron chi connectivity index (χ2n) is 8.75. The van der Waals surface area contributed by atoms with E-state index < -0.39 is 0 Å². The van der Waals surface area contributed by atoms with Crippen LogP contribution in [0.1, 0.15) is 41.6 Å². The van der Waals surface area contributed by atoms with Gasteiger partial charge in [-0.1, -0.05) is 59.7 Å². The van der Waals surface area contributed by atoms with Crippen LogP contribution in [0.5, 0.6) is 0 Å². The van der Waals surface area contributed by atoms with E-state index in [9.17, 15) is 9.59 Å². The fourth-order valence-electron chi connectivity index (χ4n) is 5.27. The van der Waals surface area contributed by atoms with Crippen molar-refractivity contribution in [1.29, 1.82) is 0 Å². The summed E-state index contributed by atoms with van der Waals surface area (Å²) in [6.45, 7) is 8.13. The zero-order valence-electron chi connectivity index (χ0n) is 17.6. The molecule has 0 saturated carbocycles. The molecule has 2 aliphatic rings. The first kappa shape index (κ1) is 19.7. The van der Waals surface area contributed by atoms with Crippen LogP contribution >= 0.6 is 0 Å². The molecule has 4 rings (SSSR count). The van der Waals surface area contributed by atoms with E-state index in [1.54, 1.807) is 6.92 Å². The van der Waals surface area contributed by atoms with Gasteiger partial charge in [-0.3, -0.25) is 9.59 Å². The van der Waals surface area contributed by atoms with Crippen molar-refractivity contribution in [3.63, 3.8) is 0 Å². The maximum absolute atomic E-state index is 12.9. The molecule has 4 heteroatoms. The largest absolute Gasteiger partial charge is 0.342 e. The van der Waals surface area contributed by atoms with E-state index in [1.165, 1.54) is 22.3 Å². The van der Waals surface area contributed by atoms with Crippen LogP contribution in [0, 0.1) is 25.7 Å². The van der Waals surface area contributed by atoms with Gasteiger partial charge in [-0.2, -0.15) is 0 Å². The van der Waals surface area contributed by atoms with Gasteiger partial charge in [0, 0.05) is 44.8 Å². The molecule has 2 aliphatic heterocycles. The molecule has 0 spiro atoms. The number of fused-ring (bicyclic) bond motifs is 1. The molecule has 2 amide bonds. The van der Waals surface area contributed by atoms with Crippen LogP contribution in [0.3, 0.4) is 0 Å². The lowest BCUT2D eigenvalue weighted by Crippen LogP contribution is -2.36. The predicted octanol–water partition coefficient (Wildman–Crippen LogP) is 3.91. The number of likely N-dealkylation sites (tertiary alicyclic amines) is 2. The van der Waals surface area contributed by atoms with Gasteiger partial charge in [0.25, 0.3) is 0 Å². The van der Waals surface area contributed by atoms with Crippen molar-refractivity contribution in [2.45, 2.75) is 39.7 Å². The zero-order chi connectivity index (χ0) is 20.5. The van der Waals surface area contributed by atoms with Crippen molar-refractivity contribution in [2.24, 2.45) is 11.8 Å². The second kappa shape index (κ2) is 8.02. The van der Waals surface area contributed by atoms with Crippen molar-refractivity contribution >= 4 is 11.8 Å². The topological polar surface area (TPSA) is 40.6 Å². The van der Waals surface area contributed by atoms with Gasteiger partial charge in [-0.25, -0.2) is 0 Å². The maximum atomic E-state index is 12.9. The molecule has 0 aliphatic carbocycles. The molecule has 0 unspecified atom stereocenters. The first-order valence-electron chi connectivity index (χ1n) is 10.6. The average Bonchev–Trinajstić information content (AvgIpc) is 3.24. The highest BCUT2D eigenvalue weighted by atomic mass is 16.2. The van der Waals surface area contributed by atoms with Crippen molar-refractivity contribution < 1.29 is 9.59 Å². The van der Waals surface area contributed by atoms with E-state index in [0.29, 0.717) is 18.3 Å². The summed E-state index contributed by atoms with van der Waals surface area (Å²) in [6, 6.07) is 16.9. The molecule has 152 valence electrons. The van der Waals surface area contributed by atoms with Gasteiger partial charge in [0.15, 0.2) is 0 Å². The van der Waals surface area contributed by atoms with Crippen LogP contribution in [0.4, 0.5) is 0 Å². The van der Waals surface area contributed by atoms with Crippen molar-refractivity contribution in [2.75, 3.05) is 19.6 Å². The van der Waals surface area contributed by atoms with Crippen LogP contribution in [0.25, 0.3) is 0 Å². The summed E-state index contributed by atoms with van der Waals surface area (Å²) < 4.78 is 0. The number of nitrogens with zero attached hydrogens (tertiary/aromatic N) is 2. The third kappa shape index (κ3) is 4.07. The van der Waals surface area contributed by atoms with Gasteiger partial charge in [0.1, 0.15) is 0 Å². The lowest BCUT2D eigenvalue weighted by Gasteiger charge is -2.29. The van der Waals surface area contributed by atoms with Gasteiger partial charge in [0.05, 0.1) is 6.04 Å². The molecule has 0 radical (unpaired) electrons. The molecule has 0 aromatic heterocycles. The number of carbonyl (C=O) groups excluding carboxylic acids is 2. The molecule has 4 nitrogen and oxygen atoms in total. The SMILES string of the molecule is CC(=O)N1C[C@H]2CN(C(=O)CCc3cc(C)cc(C)c3)C[C@H]2[C@H]1c1ccccc1. The highest BCUT2D eigenvalue weighted by molar-refractivity contribution is 5.77. The molecular weight excluding hydrogens is 360 g/mol. The molecule has 2 saturated heterocycles. The maximum Gasteiger partial charge on any atom is 0.222 e. The Balaban J connectivity index is 1.44. The number of rotatable bonds is 4. The number of amides is 2. The summed E-state index contributed by atoms with van der Waals surface area (Å²) in [5.74, 6) is 1.06. The van der Waals surface area contributed by atoms with Crippen LogP contribution in [0.2, 0.25) is 0 Å². The Morgan fingerprint density at radius 3 is 2.31 bits per heavy atom. The minimum Gasteiger partial charge on any atom is -0.342 e. The Morgan fingerprint density at radius 1 is 0.966 bits per heavy atom. The zero-order valence-corrected chi connectivity index (χ0v) is 17.6. The van der Waals surface area contributed by atoms with Crippen LogP contribution in [0.15, 0.2) is 48.5 Å². The predicted molar refractivity (Wildman–Crippen MR) is 114 cm³/mol. The lowest BCUT2D eigenvalue weighted by molar-refractivity contribution is -0.131. The first-order chi connectivity index (χ1) is 13.9. The lowest BCUT2D eigenvalue weighted by atomic mass is 9.89. The van der Waals surface area contributed by atoms with Crippen LogP contribution in [-0.2, 0) is 16.0 Å². The van der Waals surface area contributed by atoms with Gasteiger partial charge >= 0.3 is 0 Å². The molecule has 2 fully saturated rings. The molecule has 0 bridgehead atoms. The van der Waals surface area contributed by atoms with Gasteiger partial charge in [0.2, 0.25) is 11.8 Å². The smallest absolute Gasteiger partial charge is 0.222 e. The van der Waals surface area contributed by atoms with E-state index in [-0.39, 0.29) is 17.9 Å². The van der Waals surface area contributed by atoms with E-state index >= 15 is 0 Å². The number of benzene rings is 2. The molecule has 3 atom stereocenters. The fourth-order valence-corrected chi connectivity index (χ4v) is 5.27. The van der Waals surface area contributed by atoms with E-state index in [2.05, 4.69) is 44.2 Å². The van der Waals surface area contributed by atoms with Crippen LogP contribution < -0.4 is 0 Å². The third-order valence-electron chi connectivity index (χ3n) is 6.47. The van der Waals surface area contributed by atoms with Crippen molar-refractivity contribution in [3.8, 4) is 0 Å². The van der Waals surface area contributed by atoms with E-state index in [1.807, 2.05) is 28.0 Å². The molecular formula is C25H30N2O2. The third-order valence-corrected chi connectivity index (χ3v) is 6.47. The van der Waals surface area contributed by atoms with Crippen molar-refractivity contribution in [1.82, 2.24) is 9.80 Å². The number of hydrogen-bond donors (Lipinski definition) is 0. The van der Waals surface area contributed by atoms with Gasteiger partial charge < -0.3 is 9.80 Å². The van der Waals surface area contributed by atoms with Gasteiger partial charge in [-0.05, 0) is 31.4 Å². The molecule has 2 aromatic rings. The number of hydrogen-bond acceptors (Lipinski definition) is 2. The second-order valence-corrected chi connectivity index (χ2v) is 8.75. The molecule has 29 heavy (non-hydrogen) atoms. The number of carbonyl (C=O) groups is 2. The van der Waals surface area contributed by atoms with Gasteiger partial charge in [-0.15, -0.1) is 0 Å². The Hall–Kier alpha value is -2.62. The average molecular weight is 391 g/mol. The Labute approximate surface area is 173 Å². The van der Waals surface area contributed by atoms with Crippen LogP contribution in [-0.4, -0.2) is 41.2 Å². The molecule has 0 N–H and O–H groups in total. The quantitative estimate of drug-likeness (QED) is 0.794. The fraction of sp³-hybridized carbons (Fsp3) is 0.440. The monoisotopic (exact) mass is 390 g/mol. The summed E-state index contributed by atoms with van der Waals surface area (Å²) in [5, 5.41) is 0. The van der Waals surface area contributed by atoms with E-state index in [4.69, 9.17) is 0 Å². The molecule has 2 aromatic carbocycles.